The Morgan fingerprint density at radius 3 is 2.56 bits per heavy atom. The van der Waals surface area contributed by atoms with Crippen LogP contribution < -0.4 is 5.32 Å². The summed E-state index contributed by atoms with van der Waals surface area (Å²) in [5, 5.41) is 12.3. The van der Waals surface area contributed by atoms with E-state index in [1.165, 1.54) is 12.8 Å². The summed E-state index contributed by atoms with van der Waals surface area (Å²) in [6.45, 7) is 2.77. The summed E-state index contributed by atoms with van der Waals surface area (Å²) in [6.07, 6.45) is 5.17. The molecular weight excluding hydrogens is 226 g/mol. The van der Waals surface area contributed by atoms with Crippen LogP contribution in [0.1, 0.15) is 44.6 Å². The average molecular weight is 249 g/mol. The van der Waals surface area contributed by atoms with Crippen LogP contribution in [0.5, 0.6) is 0 Å². The van der Waals surface area contributed by atoms with E-state index in [4.69, 9.17) is 5.11 Å². The zero-order valence-corrected chi connectivity index (χ0v) is 11.1. The van der Waals surface area contributed by atoms with E-state index < -0.39 is 12.0 Å². The summed E-state index contributed by atoms with van der Waals surface area (Å²) in [7, 11) is 0. The maximum atomic E-state index is 11.1. The maximum Gasteiger partial charge on any atom is 0.320 e. The summed E-state index contributed by atoms with van der Waals surface area (Å²) in [4.78, 5) is 11.1. The summed E-state index contributed by atoms with van der Waals surface area (Å²) >= 11 is 0. The van der Waals surface area contributed by atoms with Gasteiger partial charge < -0.3 is 10.4 Å². The summed E-state index contributed by atoms with van der Waals surface area (Å²) in [6, 6.07) is 9.47. The normalized spacial score (nSPS) is 12.3. The number of nitrogens with one attached hydrogen (secondary N) is 1. The zero-order valence-electron chi connectivity index (χ0n) is 11.1. The third kappa shape index (κ3) is 5.82. The van der Waals surface area contributed by atoms with Gasteiger partial charge in [0.25, 0.3) is 0 Å². The molecule has 3 heteroatoms. The van der Waals surface area contributed by atoms with E-state index in [-0.39, 0.29) is 0 Å². The molecule has 3 nitrogen and oxygen atoms in total. The number of unbranched alkanes of at least 4 members (excludes halogenated alkanes) is 3. The molecule has 0 saturated carbocycles. The van der Waals surface area contributed by atoms with Crippen LogP contribution in [0.15, 0.2) is 30.3 Å². The molecule has 0 spiro atoms. The van der Waals surface area contributed by atoms with Crippen molar-refractivity contribution in [1.29, 1.82) is 0 Å². The highest BCUT2D eigenvalue weighted by atomic mass is 16.4. The van der Waals surface area contributed by atoms with Crippen LogP contribution in [-0.4, -0.2) is 17.1 Å². The van der Waals surface area contributed by atoms with Crippen LogP contribution in [0.4, 0.5) is 0 Å². The lowest BCUT2D eigenvalue weighted by Gasteiger charge is -2.14. The van der Waals surface area contributed by atoms with Crippen LogP contribution in [0, 0.1) is 0 Å². The first-order chi connectivity index (χ1) is 8.74. The van der Waals surface area contributed by atoms with Crippen LogP contribution in [0.25, 0.3) is 0 Å². The highest BCUT2D eigenvalue weighted by Gasteiger charge is 2.15. The third-order valence-electron chi connectivity index (χ3n) is 3.04. The quantitative estimate of drug-likeness (QED) is 0.661. The van der Waals surface area contributed by atoms with Gasteiger partial charge in [0.15, 0.2) is 0 Å². The fraction of sp³-hybridized carbons (Fsp3) is 0.533. The first-order valence-electron chi connectivity index (χ1n) is 6.74. The maximum absolute atomic E-state index is 11.1. The number of hydrogen-bond donors (Lipinski definition) is 2. The second-order valence-corrected chi connectivity index (χ2v) is 4.61. The van der Waals surface area contributed by atoms with Crippen molar-refractivity contribution in [2.24, 2.45) is 0 Å². The van der Waals surface area contributed by atoms with Gasteiger partial charge in [0, 0.05) is 6.54 Å². The number of carboxylic acid groups (broad SMARTS) is 1. The van der Waals surface area contributed by atoms with E-state index in [2.05, 4.69) is 12.2 Å². The Morgan fingerprint density at radius 2 is 1.94 bits per heavy atom. The lowest BCUT2D eigenvalue weighted by Crippen LogP contribution is -2.36. The molecular formula is C15H23NO2. The summed E-state index contributed by atoms with van der Waals surface area (Å²) < 4.78 is 0. The minimum Gasteiger partial charge on any atom is -0.480 e. The average Bonchev–Trinajstić information content (AvgIpc) is 2.38. The fourth-order valence-electron chi connectivity index (χ4n) is 1.92. The predicted octanol–water partition coefficient (Wildman–Crippen LogP) is 3.20. The van der Waals surface area contributed by atoms with E-state index >= 15 is 0 Å². The van der Waals surface area contributed by atoms with Gasteiger partial charge in [-0.05, 0) is 12.0 Å². The van der Waals surface area contributed by atoms with E-state index in [0.717, 1.165) is 18.4 Å². The number of carboxylic acids is 1. The molecule has 1 aromatic rings. The molecule has 0 aliphatic rings. The molecule has 0 amide bonds. The Kier molecular flexibility index (Phi) is 7.11. The van der Waals surface area contributed by atoms with Crippen molar-refractivity contribution in [3.63, 3.8) is 0 Å². The van der Waals surface area contributed by atoms with Crippen molar-refractivity contribution in [3.05, 3.63) is 35.9 Å². The molecule has 0 aliphatic carbocycles. The number of hydrogen-bond acceptors (Lipinski definition) is 2. The molecule has 0 bridgehead atoms. The van der Waals surface area contributed by atoms with E-state index in [9.17, 15) is 4.79 Å². The van der Waals surface area contributed by atoms with Crippen molar-refractivity contribution in [2.75, 3.05) is 0 Å². The Labute approximate surface area is 109 Å². The van der Waals surface area contributed by atoms with Gasteiger partial charge in [-0.1, -0.05) is 62.9 Å². The van der Waals surface area contributed by atoms with Gasteiger partial charge in [-0.2, -0.15) is 0 Å². The Hall–Kier alpha value is -1.35. The molecule has 0 saturated heterocycles. The Balaban J connectivity index is 2.32. The van der Waals surface area contributed by atoms with E-state index in [0.29, 0.717) is 13.0 Å². The molecule has 1 aromatic carbocycles. The van der Waals surface area contributed by atoms with Crippen LogP contribution in [-0.2, 0) is 11.3 Å². The third-order valence-corrected chi connectivity index (χ3v) is 3.04. The highest BCUT2D eigenvalue weighted by molar-refractivity contribution is 5.73. The Morgan fingerprint density at radius 1 is 1.22 bits per heavy atom. The molecule has 0 fully saturated rings. The Bertz CT molecular complexity index is 338. The number of aliphatic carboxylic acids is 1. The molecule has 1 rings (SSSR count). The van der Waals surface area contributed by atoms with Crippen molar-refractivity contribution in [1.82, 2.24) is 5.32 Å². The van der Waals surface area contributed by atoms with Gasteiger partial charge in [0.2, 0.25) is 0 Å². The molecule has 0 heterocycles. The smallest absolute Gasteiger partial charge is 0.320 e. The first kappa shape index (κ1) is 14.7. The molecule has 0 aliphatic heterocycles. The first-order valence-corrected chi connectivity index (χ1v) is 6.74. The van der Waals surface area contributed by atoms with Gasteiger partial charge in [0.1, 0.15) is 6.04 Å². The van der Waals surface area contributed by atoms with Crippen molar-refractivity contribution >= 4 is 5.97 Å². The van der Waals surface area contributed by atoms with Crippen LogP contribution >= 0.6 is 0 Å². The largest absolute Gasteiger partial charge is 0.480 e. The lowest BCUT2D eigenvalue weighted by molar-refractivity contribution is -0.139. The molecule has 0 radical (unpaired) electrons. The number of rotatable bonds is 9. The van der Waals surface area contributed by atoms with Gasteiger partial charge in [-0.25, -0.2) is 0 Å². The molecule has 1 atom stereocenters. The molecule has 0 aromatic heterocycles. The predicted molar refractivity (Wildman–Crippen MR) is 73.5 cm³/mol. The van der Waals surface area contributed by atoms with Gasteiger partial charge in [-0.15, -0.1) is 0 Å². The minimum absolute atomic E-state index is 0.429. The van der Waals surface area contributed by atoms with E-state index in [1.807, 2.05) is 30.3 Å². The SMILES string of the molecule is CCCCCCC(NCc1ccccc1)C(=O)O. The van der Waals surface area contributed by atoms with Gasteiger partial charge in [-0.3, -0.25) is 4.79 Å². The second kappa shape index (κ2) is 8.70. The number of benzene rings is 1. The van der Waals surface area contributed by atoms with Crippen molar-refractivity contribution in [3.8, 4) is 0 Å². The summed E-state index contributed by atoms with van der Waals surface area (Å²) in [5.74, 6) is -0.748. The second-order valence-electron chi connectivity index (χ2n) is 4.61. The van der Waals surface area contributed by atoms with E-state index in [1.54, 1.807) is 0 Å². The van der Waals surface area contributed by atoms with Crippen molar-refractivity contribution < 1.29 is 9.90 Å². The van der Waals surface area contributed by atoms with Crippen LogP contribution in [0.2, 0.25) is 0 Å². The zero-order chi connectivity index (χ0) is 13.2. The molecule has 2 N–H and O–H groups in total. The standard InChI is InChI=1S/C15H23NO2/c1-2-3-4-8-11-14(15(17)18)16-12-13-9-6-5-7-10-13/h5-7,9-10,14,16H,2-4,8,11-12H2,1H3,(H,17,18). The van der Waals surface area contributed by atoms with Crippen LogP contribution in [0.3, 0.4) is 0 Å². The molecule has 1 unspecified atom stereocenters. The van der Waals surface area contributed by atoms with Crippen molar-refractivity contribution in [2.45, 2.75) is 51.6 Å². The highest BCUT2D eigenvalue weighted by Crippen LogP contribution is 2.07. The lowest BCUT2D eigenvalue weighted by atomic mass is 10.1. The molecule has 18 heavy (non-hydrogen) atoms. The summed E-state index contributed by atoms with van der Waals surface area (Å²) in [5.41, 5.74) is 1.12. The monoisotopic (exact) mass is 249 g/mol. The topological polar surface area (TPSA) is 49.3 Å². The van der Waals surface area contributed by atoms with Gasteiger partial charge in [0.05, 0.1) is 0 Å². The fourth-order valence-corrected chi connectivity index (χ4v) is 1.92. The van der Waals surface area contributed by atoms with Gasteiger partial charge >= 0.3 is 5.97 Å². The molecule has 100 valence electrons. The minimum atomic E-state index is -0.748. The number of carbonyl (C=O) groups is 1.